The Hall–Kier alpha value is -2.57. The molecule has 4 amide bonds. The third-order valence-electron chi connectivity index (χ3n) is 5.30. The van der Waals surface area contributed by atoms with Gasteiger partial charge in [-0.15, -0.1) is 0 Å². The van der Waals surface area contributed by atoms with Gasteiger partial charge in [-0.05, 0) is 31.7 Å². The van der Waals surface area contributed by atoms with Crippen molar-refractivity contribution in [2.75, 3.05) is 32.7 Å². The minimum absolute atomic E-state index is 0.0823. The number of nitrogens with zero attached hydrogens (tertiary/aromatic N) is 2. The van der Waals surface area contributed by atoms with Crippen LogP contribution in [0.25, 0.3) is 0 Å². The molecule has 0 bridgehead atoms. The zero-order valence-corrected chi connectivity index (χ0v) is 16.5. The zero-order chi connectivity index (χ0) is 19.9. The summed E-state index contributed by atoms with van der Waals surface area (Å²) in [5, 5.41) is 5.73. The number of urea groups is 1. The van der Waals surface area contributed by atoms with Gasteiger partial charge < -0.3 is 20.4 Å². The highest BCUT2D eigenvalue weighted by atomic mass is 16.2. The maximum absolute atomic E-state index is 13.0. The van der Waals surface area contributed by atoms with E-state index in [1.807, 2.05) is 42.2 Å². The second-order valence-electron chi connectivity index (χ2n) is 7.46. The number of rotatable bonds is 3. The van der Waals surface area contributed by atoms with E-state index < -0.39 is 0 Å². The summed E-state index contributed by atoms with van der Waals surface area (Å²) >= 11 is 0. The molecule has 1 heterocycles. The van der Waals surface area contributed by atoms with Crippen LogP contribution in [0.3, 0.4) is 0 Å². The zero-order valence-electron chi connectivity index (χ0n) is 16.5. The summed E-state index contributed by atoms with van der Waals surface area (Å²) in [7, 11) is 0. The van der Waals surface area contributed by atoms with Crippen LogP contribution in [-0.2, 0) is 9.59 Å². The minimum atomic E-state index is -0.273. The van der Waals surface area contributed by atoms with E-state index in [9.17, 15) is 14.4 Å². The number of carbonyl (C=O) groups excluding carboxylic acids is 3. The molecule has 3 rings (SSSR count). The first kappa shape index (κ1) is 20.2. The molecule has 28 heavy (non-hydrogen) atoms. The number of carbonyl (C=O) groups is 3. The van der Waals surface area contributed by atoms with Gasteiger partial charge in [0.1, 0.15) is 0 Å². The predicted molar refractivity (Wildman–Crippen MR) is 107 cm³/mol. The lowest BCUT2D eigenvalue weighted by Crippen LogP contribution is -2.44. The van der Waals surface area contributed by atoms with Crippen molar-refractivity contribution in [3.63, 3.8) is 0 Å². The van der Waals surface area contributed by atoms with E-state index in [2.05, 4.69) is 10.6 Å². The van der Waals surface area contributed by atoms with E-state index in [0.717, 1.165) is 18.4 Å². The Bertz CT molecular complexity index is 690. The molecule has 1 saturated carbocycles. The molecule has 2 aliphatic rings. The number of benzene rings is 1. The maximum atomic E-state index is 13.0. The summed E-state index contributed by atoms with van der Waals surface area (Å²) < 4.78 is 0. The van der Waals surface area contributed by atoms with Gasteiger partial charge in [0.2, 0.25) is 11.8 Å². The van der Waals surface area contributed by atoms with Crippen LogP contribution in [0.1, 0.15) is 44.2 Å². The molecule has 7 nitrogen and oxygen atoms in total. The molecule has 7 heteroatoms. The third kappa shape index (κ3) is 5.24. The van der Waals surface area contributed by atoms with E-state index in [1.165, 1.54) is 0 Å². The van der Waals surface area contributed by atoms with Gasteiger partial charge in [-0.2, -0.15) is 0 Å². The van der Waals surface area contributed by atoms with Crippen molar-refractivity contribution < 1.29 is 14.4 Å². The molecule has 1 aliphatic heterocycles. The Labute approximate surface area is 166 Å². The van der Waals surface area contributed by atoms with E-state index in [0.29, 0.717) is 39.1 Å². The van der Waals surface area contributed by atoms with Crippen LogP contribution < -0.4 is 10.6 Å². The first-order valence-corrected chi connectivity index (χ1v) is 10.2. The van der Waals surface area contributed by atoms with E-state index in [-0.39, 0.29) is 36.2 Å². The first-order valence-electron chi connectivity index (χ1n) is 10.2. The van der Waals surface area contributed by atoms with Crippen molar-refractivity contribution in [3.8, 4) is 0 Å². The van der Waals surface area contributed by atoms with Crippen LogP contribution in [0, 0.1) is 5.92 Å². The van der Waals surface area contributed by atoms with Crippen LogP contribution in [0.5, 0.6) is 0 Å². The Morgan fingerprint density at radius 3 is 2.57 bits per heavy atom. The lowest BCUT2D eigenvalue weighted by atomic mass is 10.0. The summed E-state index contributed by atoms with van der Waals surface area (Å²) in [5.74, 6) is 0.115. The van der Waals surface area contributed by atoms with Crippen LogP contribution in [0.4, 0.5) is 4.79 Å². The average Bonchev–Trinajstić information content (AvgIpc) is 3.53. The molecule has 1 saturated heterocycles. The molecule has 1 aromatic carbocycles. The normalized spacial score (nSPS) is 21.5. The largest absolute Gasteiger partial charge is 0.354 e. The smallest absolute Gasteiger partial charge is 0.317 e. The van der Waals surface area contributed by atoms with Crippen molar-refractivity contribution in [2.45, 2.75) is 38.6 Å². The van der Waals surface area contributed by atoms with E-state index in [1.54, 1.807) is 4.90 Å². The third-order valence-corrected chi connectivity index (χ3v) is 5.30. The summed E-state index contributed by atoms with van der Waals surface area (Å²) in [5.41, 5.74) is 0.978. The fraction of sp³-hybridized carbons (Fsp3) is 0.571. The van der Waals surface area contributed by atoms with Crippen LogP contribution >= 0.6 is 0 Å². The van der Waals surface area contributed by atoms with Crippen LogP contribution in [0.15, 0.2) is 30.3 Å². The summed E-state index contributed by atoms with van der Waals surface area (Å²) in [4.78, 5) is 41.5. The molecule has 0 aromatic heterocycles. The fourth-order valence-electron chi connectivity index (χ4n) is 3.66. The first-order chi connectivity index (χ1) is 13.6. The van der Waals surface area contributed by atoms with Gasteiger partial charge in [0, 0.05) is 38.6 Å². The van der Waals surface area contributed by atoms with Gasteiger partial charge in [-0.3, -0.25) is 9.59 Å². The second kappa shape index (κ2) is 9.57. The molecule has 1 aromatic rings. The molecule has 0 radical (unpaired) electrons. The lowest BCUT2D eigenvalue weighted by molar-refractivity contribution is -0.136. The number of nitrogens with one attached hydrogen (secondary N) is 2. The molecule has 2 fully saturated rings. The molecule has 152 valence electrons. The van der Waals surface area contributed by atoms with Crippen molar-refractivity contribution >= 4 is 17.8 Å². The number of hydrogen-bond acceptors (Lipinski definition) is 3. The van der Waals surface area contributed by atoms with Gasteiger partial charge in [-0.1, -0.05) is 30.3 Å². The van der Waals surface area contributed by atoms with E-state index in [4.69, 9.17) is 0 Å². The number of hydrogen-bond donors (Lipinski definition) is 2. The molecule has 1 atom stereocenters. The molecule has 2 N–H and O–H groups in total. The highest BCUT2D eigenvalue weighted by molar-refractivity contribution is 5.83. The second-order valence-corrected chi connectivity index (χ2v) is 7.46. The monoisotopic (exact) mass is 386 g/mol. The highest BCUT2D eigenvalue weighted by Crippen LogP contribution is 2.35. The molecule has 1 aliphatic carbocycles. The van der Waals surface area contributed by atoms with Gasteiger partial charge >= 0.3 is 6.03 Å². The van der Waals surface area contributed by atoms with Crippen LogP contribution in [-0.4, -0.2) is 60.4 Å². The average molecular weight is 386 g/mol. The Kier molecular flexibility index (Phi) is 6.90. The fourth-order valence-corrected chi connectivity index (χ4v) is 3.66. The van der Waals surface area contributed by atoms with Gasteiger partial charge in [0.25, 0.3) is 0 Å². The van der Waals surface area contributed by atoms with Crippen LogP contribution in [0.2, 0.25) is 0 Å². The number of amides is 4. The van der Waals surface area contributed by atoms with Crippen molar-refractivity contribution in [3.05, 3.63) is 35.9 Å². The molecule has 1 unspecified atom stereocenters. The lowest BCUT2D eigenvalue weighted by Gasteiger charge is -2.32. The van der Waals surface area contributed by atoms with Crippen molar-refractivity contribution in [1.82, 2.24) is 20.4 Å². The topological polar surface area (TPSA) is 81.8 Å². The van der Waals surface area contributed by atoms with Crippen molar-refractivity contribution in [2.24, 2.45) is 5.92 Å². The van der Waals surface area contributed by atoms with Crippen molar-refractivity contribution in [1.29, 1.82) is 0 Å². The standard InChI is InChI=1S/C21H30N4O3/c1-2-22-21(28)24-12-6-13-25(20(27)17-9-10-17)18(15-19(26)23-11-14-24)16-7-4-3-5-8-16/h3-5,7-8,17-18H,2,6,9-15H2,1H3,(H,22,28)(H,23,26). The molecule has 0 spiro atoms. The Balaban J connectivity index is 1.82. The molecular weight excluding hydrogens is 356 g/mol. The summed E-state index contributed by atoms with van der Waals surface area (Å²) in [6.07, 6.45) is 2.78. The van der Waals surface area contributed by atoms with Gasteiger partial charge in [0.05, 0.1) is 12.5 Å². The van der Waals surface area contributed by atoms with Gasteiger partial charge in [-0.25, -0.2) is 4.79 Å². The SMILES string of the molecule is CCNC(=O)N1CCCN(C(=O)C2CC2)C(c2ccccc2)CC(=O)NCC1. The summed E-state index contributed by atoms with van der Waals surface area (Å²) in [6.45, 7) is 4.41. The summed E-state index contributed by atoms with van der Waals surface area (Å²) in [6, 6.07) is 9.37. The minimum Gasteiger partial charge on any atom is -0.354 e. The quantitative estimate of drug-likeness (QED) is 0.833. The van der Waals surface area contributed by atoms with E-state index >= 15 is 0 Å². The Morgan fingerprint density at radius 1 is 1.14 bits per heavy atom. The van der Waals surface area contributed by atoms with Gasteiger partial charge in [0.15, 0.2) is 0 Å². The highest BCUT2D eigenvalue weighted by Gasteiger charge is 2.37. The Morgan fingerprint density at radius 2 is 1.89 bits per heavy atom. The maximum Gasteiger partial charge on any atom is 0.317 e. The predicted octanol–water partition coefficient (Wildman–Crippen LogP) is 1.91. The molecular formula is C21H30N4O3.